The summed E-state index contributed by atoms with van der Waals surface area (Å²) in [4.78, 5) is 58.7. The third-order valence-corrected chi connectivity index (χ3v) is 15.7. The fourth-order valence-electron chi connectivity index (χ4n) is 11.2. The first-order chi connectivity index (χ1) is 32.3. The van der Waals surface area contributed by atoms with E-state index in [1.165, 1.54) is 0 Å². The number of carbonyl (C=O) groups excluding carboxylic acids is 4. The van der Waals surface area contributed by atoms with Crippen LogP contribution >= 0.6 is 0 Å². The van der Waals surface area contributed by atoms with Crippen LogP contribution in [0.2, 0.25) is 0 Å². The van der Waals surface area contributed by atoms with Crippen molar-refractivity contribution in [3.63, 3.8) is 0 Å². The third-order valence-electron chi connectivity index (χ3n) is 15.7. The highest BCUT2D eigenvalue weighted by atomic mass is 16.6. The summed E-state index contributed by atoms with van der Waals surface area (Å²) in [5, 5.41) is 21.5. The Morgan fingerprint density at radius 1 is 0.838 bits per heavy atom. The summed E-state index contributed by atoms with van der Waals surface area (Å²) in [6.45, 7) is 18.2. The first-order valence-corrected chi connectivity index (χ1v) is 25.8. The van der Waals surface area contributed by atoms with Crippen molar-refractivity contribution < 1.29 is 57.8 Å². The maximum Gasteiger partial charge on any atom is 0.296 e. The highest BCUT2D eigenvalue weighted by molar-refractivity contribution is 6.38. The molecular formula is C55H89NO12. The standard InChI is InChI=1S/C55H89NO12/c1-34-18-14-13-15-19-35(2)48(63-10)32-44-23-21-40(7)55(62,68-44)53(60)54(61)56-25-17-16-20-45(56)42(9)67-49(38(5)30-43-22-24-47(66-27-26-57)50(31-43)64-11)33-46(58)37(4)29-36(3)41(8)52(65-12)51(59)39(6)28-34/h13-15,18-19,29,34,37-45,47-50,52,57,62H,16-17,20-28,30-33H2,1-12H3/b15-13+,18-14+,35-19+,36-29+/t34-,37-,38-,39-,40-,41-,42?,43+,44?,45+,47-,48?,49?,50-,52?,55-/m1/s1. The number of nitrogens with zero attached hydrogens (tertiary/aromatic N) is 1. The van der Waals surface area contributed by atoms with Crippen LogP contribution in [0.15, 0.2) is 47.6 Å². The van der Waals surface area contributed by atoms with Gasteiger partial charge in [-0.05, 0) is 108 Å². The number of piperidine rings is 1. The molecule has 0 radical (unpaired) electrons. The van der Waals surface area contributed by atoms with E-state index in [2.05, 4.69) is 19.9 Å². The number of hydrogen-bond donors (Lipinski definition) is 2. The van der Waals surface area contributed by atoms with Crippen LogP contribution in [0.4, 0.5) is 0 Å². The average Bonchev–Trinajstić information content (AvgIpc) is 3.32. The van der Waals surface area contributed by atoms with Gasteiger partial charge < -0.3 is 43.5 Å². The van der Waals surface area contributed by atoms with E-state index in [0.717, 1.165) is 43.3 Å². The van der Waals surface area contributed by atoms with E-state index in [-0.39, 0.29) is 79.1 Å². The van der Waals surface area contributed by atoms with Gasteiger partial charge in [0.1, 0.15) is 11.9 Å². The Morgan fingerprint density at radius 3 is 2.25 bits per heavy atom. The first-order valence-electron chi connectivity index (χ1n) is 25.8. The summed E-state index contributed by atoms with van der Waals surface area (Å²) >= 11 is 0. The molecule has 2 N–H and O–H groups in total. The molecule has 3 aliphatic heterocycles. The fourth-order valence-corrected chi connectivity index (χ4v) is 11.2. The molecular weight excluding hydrogens is 867 g/mol. The smallest absolute Gasteiger partial charge is 0.296 e. The number of hydrogen-bond acceptors (Lipinski definition) is 12. The van der Waals surface area contributed by atoms with Crippen molar-refractivity contribution in [3.8, 4) is 0 Å². The molecule has 68 heavy (non-hydrogen) atoms. The van der Waals surface area contributed by atoms with E-state index in [1.54, 1.807) is 33.2 Å². The molecule has 4 aliphatic rings. The molecule has 4 rings (SSSR count). The lowest BCUT2D eigenvalue weighted by Gasteiger charge is -2.44. The van der Waals surface area contributed by atoms with Gasteiger partial charge in [0.05, 0.1) is 55.9 Å². The van der Waals surface area contributed by atoms with Crippen molar-refractivity contribution in [2.45, 2.75) is 194 Å². The predicted molar refractivity (Wildman–Crippen MR) is 264 cm³/mol. The van der Waals surface area contributed by atoms with E-state index in [9.17, 15) is 29.4 Å². The summed E-state index contributed by atoms with van der Waals surface area (Å²) in [5.41, 5.74) is 1.84. The number of methoxy groups -OCH3 is 3. The second-order valence-electron chi connectivity index (χ2n) is 21.0. The zero-order valence-corrected chi connectivity index (χ0v) is 43.7. The fraction of sp³-hybridized carbons (Fsp3) is 0.782. The van der Waals surface area contributed by atoms with Gasteiger partial charge in [0, 0.05) is 64.4 Å². The molecule has 1 saturated carbocycles. The Kier molecular flexibility index (Phi) is 23.5. The molecule has 1 amide bonds. The van der Waals surface area contributed by atoms with Gasteiger partial charge >= 0.3 is 0 Å². The number of carbonyl (C=O) groups is 4. The lowest BCUT2D eigenvalue weighted by Crippen LogP contribution is -2.61. The van der Waals surface area contributed by atoms with Gasteiger partial charge in [0.2, 0.25) is 5.79 Å². The van der Waals surface area contributed by atoms with Crippen LogP contribution in [-0.2, 0) is 47.6 Å². The van der Waals surface area contributed by atoms with Gasteiger partial charge in [0.15, 0.2) is 5.78 Å². The number of aliphatic hydroxyl groups is 2. The van der Waals surface area contributed by atoms with E-state index in [0.29, 0.717) is 45.1 Å². The maximum atomic E-state index is 14.5. The van der Waals surface area contributed by atoms with Crippen molar-refractivity contribution in [1.82, 2.24) is 4.90 Å². The Balaban J connectivity index is 1.69. The van der Waals surface area contributed by atoms with E-state index in [4.69, 9.17) is 28.4 Å². The summed E-state index contributed by atoms with van der Waals surface area (Å²) in [6, 6.07) is -0.473. The second-order valence-corrected chi connectivity index (χ2v) is 21.0. The molecule has 13 heteroatoms. The Labute approximate surface area is 408 Å². The highest BCUT2D eigenvalue weighted by Gasteiger charge is 2.53. The van der Waals surface area contributed by atoms with Gasteiger partial charge in [-0.1, -0.05) is 83.6 Å². The van der Waals surface area contributed by atoms with Gasteiger partial charge in [0.25, 0.3) is 11.7 Å². The van der Waals surface area contributed by atoms with Crippen LogP contribution in [-0.4, -0.2) is 134 Å². The molecule has 5 unspecified atom stereocenters. The van der Waals surface area contributed by atoms with Crippen molar-refractivity contribution in [2.24, 2.45) is 41.4 Å². The Bertz CT molecular complexity index is 1760. The number of amides is 1. The van der Waals surface area contributed by atoms with Crippen LogP contribution in [0.1, 0.15) is 139 Å². The van der Waals surface area contributed by atoms with Crippen molar-refractivity contribution in [3.05, 3.63) is 47.6 Å². The quantitative estimate of drug-likeness (QED) is 0.168. The zero-order valence-electron chi connectivity index (χ0n) is 43.7. The maximum absolute atomic E-state index is 14.5. The molecule has 0 aromatic carbocycles. The summed E-state index contributed by atoms with van der Waals surface area (Å²) < 4.78 is 36.8. The number of Topliss-reactive ketones (excluding diaryl/α,β-unsaturated/α-hetero) is 3. The molecule has 2 saturated heterocycles. The Morgan fingerprint density at radius 2 is 1.57 bits per heavy atom. The van der Waals surface area contributed by atoms with Gasteiger partial charge in [-0.2, -0.15) is 0 Å². The lowest BCUT2D eigenvalue weighted by molar-refractivity contribution is -0.265. The summed E-state index contributed by atoms with van der Waals surface area (Å²) in [5.74, 6) is -5.30. The molecule has 386 valence electrons. The summed E-state index contributed by atoms with van der Waals surface area (Å²) in [6.07, 6.45) is 16.6. The molecule has 16 atom stereocenters. The van der Waals surface area contributed by atoms with Crippen molar-refractivity contribution >= 4 is 23.3 Å². The molecule has 3 fully saturated rings. The number of allylic oxidation sites excluding steroid dienone is 6. The van der Waals surface area contributed by atoms with Crippen molar-refractivity contribution in [2.75, 3.05) is 41.1 Å². The number of aliphatic hydroxyl groups excluding tert-OH is 1. The second kappa shape index (κ2) is 27.7. The van der Waals surface area contributed by atoms with Crippen LogP contribution in [0.3, 0.4) is 0 Å². The molecule has 0 aromatic rings. The molecule has 13 nitrogen and oxygen atoms in total. The highest BCUT2D eigenvalue weighted by Crippen LogP contribution is 2.38. The van der Waals surface area contributed by atoms with Crippen LogP contribution in [0.25, 0.3) is 0 Å². The molecule has 0 aromatic heterocycles. The van der Waals surface area contributed by atoms with E-state index >= 15 is 0 Å². The van der Waals surface area contributed by atoms with Crippen LogP contribution < -0.4 is 0 Å². The number of rotatable bonds is 9. The average molecular weight is 956 g/mol. The topological polar surface area (TPSA) is 167 Å². The van der Waals surface area contributed by atoms with Gasteiger partial charge in [-0.25, -0.2) is 0 Å². The van der Waals surface area contributed by atoms with Gasteiger partial charge in [-0.3, -0.25) is 19.2 Å². The third kappa shape index (κ3) is 15.6. The summed E-state index contributed by atoms with van der Waals surface area (Å²) in [7, 11) is 4.89. The van der Waals surface area contributed by atoms with E-state index in [1.807, 2.05) is 71.9 Å². The first kappa shape index (κ1) is 57.7. The number of ether oxygens (including phenoxy) is 6. The minimum Gasteiger partial charge on any atom is -0.394 e. The molecule has 1 aliphatic carbocycles. The van der Waals surface area contributed by atoms with Crippen LogP contribution in [0.5, 0.6) is 0 Å². The molecule has 3 heterocycles. The zero-order chi connectivity index (χ0) is 50.3. The number of ketones is 3. The minimum atomic E-state index is -2.30. The normalized spacial score (nSPS) is 40.4. The Hall–Kier alpha value is -2.88. The van der Waals surface area contributed by atoms with Crippen LogP contribution in [0, 0.1) is 41.4 Å². The van der Waals surface area contributed by atoms with Crippen molar-refractivity contribution in [1.29, 1.82) is 0 Å². The minimum absolute atomic E-state index is 0.00293. The largest absolute Gasteiger partial charge is 0.394 e. The lowest BCUT2D eigenvalue weighted by atomic mass is 9.78. The molecule has 0 spiro atoms. The van der Waals surface area contributed by atoms with E-state index < -0.39 is 59.8 Å². The number of fused-ring (bicyclic) bond motifs is 3. The SMILES string of the molecule is COC1CC2CC[C@@H](C)[C@@](O)(O2)C(=O)C(=O)N2CCCC[C@H]2C(C)OC([C@H](C)C[C@@H]2CC[C@@H](OCCO)[C@H](OC)C2)CC(=O)[C@H](C)/C=C(\C)[C@@H](C)C(OC)C(=O)[C@H](C)C[C@H](C)/C=C/C=C/C=C/1C. The molecule has 2 bridgehead atoms. The monoisotopic (exact) mass is 956 g/mol. The predicted octanol–water partition coefficient (Wildman–Crippen LogP) is 8.33. The van der Waals surface area contributed by atoms with Gasteiger partial charge in [-0.15, -0.1) is 0 Å².